The zero-order valence-corrected chi connectivity index (χ0v) is 13.0. The fraction of sp³-hybridized carbons (Fsp3) is 0.500. The molecule has 1 atom stereocenters. The summed E-state index contributed by atoms with van der Waals surface area (Å²) in [5.41, 5.74) is 0.446. The number of hydrogen-bond donors (Lipinski definition) is 2. The second-order valence-corrected chi connectivity index (χ2v) is 4.85. The number of amides is 1. The molecule has 0 aliphatic heterocycles. The van der Waals surface area contributed by atoms with E-state index in [1.165, 1.54) is 7.11 Å². The van der Waals surface area contributed by atoms with Crippen molar-refractivity contribution < 1.29 is 24.2 Å². The summed E-state index contributed by atoms with van der Waals surface area (Å²) in [6.07, 6.45) is 2.23. The van der Waals surface area contributed by atoms with Gasteiger partial charge in [-0.05, 0) is 30.7 Å². The molecule has 1 aromatic carbocycles. The Labute approximate surface area is 130 Å². The summed E-state index contributed by atoms with van der Waals surface area (Å²) in [5.74, 6) is -0.743. The third-order valence-corrected chi connectivity index (χ3v) is 3.14. The minimum absolute atomic E-state index is 0.0834. The maximum absolute atomic E-state index is 11.9. The fourth-order valence-corrected chi connectivity index (χ4v) is 1.80. The molecule has 0 spiro atoms. The van der Waals surface area contributed by atoms with Crippen LogP contribution in [0.15, 0.2) is 24.3 Å². The molecule has 0 bridgehead atoms. The monoisotopic (exact) mass is 309 g/mol. The standard InChI is InChI=1S/C16H23NO5/c1-3-4-5-10-22-13-8-6-12(7-9-13)15(18)17-11-14(21-2)16(19)20/h6-9,14H,3-5,10-11H2,1-2H3,(H,17,18)(H,19,20). The number of unbranched alkanes of at least 4 members (excludes halogenated alkanes) is 2. The molecule has 1 amide bonds. The van der Waals surface area contributed by atoms with Gasteiger partial charge in [0.15, 0.2) is 6.10 Å². The van der Waals surface area contributed by atoms with E-state index in [9.17, 15) is 9.59 Å². The third-order valence-electron chi connectivity index (χ3n) is 3.14. The Morgan fingerprint density at radius 2 is 1.91 bits per heavy atom. The van der Waals surface area contributed by atoms with Gasteiger partial charge in [0.1, 0.15) is 5.75 Å². The number of methoxy groups -OCH3 is 1. The summed E-state index contributed by atoms with van der Waals surface area (Å²) in [6.45, 7) is 2.71. The molecular formula is C16H23NO5. The maximum Gasteiger partial charge on any atom is 0.334 e. The molecule has 0 aliphatic carbocycles. The van der Waals surface area contributed by atoms with Crippen LogP contribution in [0.1, 0.15) is 36.5 Å². The maximum atomic E-state index is 11.9. The van der Waals surface area contributed by atoms with E-state index < -0.39 is 12.1 Å². The first-order valence-electron chi connectivity index (χ1n) is 7.35. The predicted octanol–water partition coefficient (Wildman–Crippen LogP) is 2.08. The van der Waals surface area contributed by atoms with Crippen molar-refractivity contribution in [3.8, 4) is 5.75 Å². The Hall–Kier alpha value is -2.08. The van der Waals surface area contributed by atoms with Crippen molar-refractivity contribution in [3.05, 3.63) is 29.8 Å². The number of aliphatic carboxylic acids is 1. The second-order valence-electron chi connectivity index (χ2n) is 4.85. The SMILES string of the molecule is CCCCCOc1ccc(C(=O)NCC(OC)C(=O)O)cc1. The molecule has 6 nitrogen and oxygen atoms in total. The van der Waals surface area contributed by atoms with Gasteiger partial charge in [-0.25, -0.2) is 4.79 Å². The van der Waals surface area contributed by atoms with Gasteiger partial charge in [-0.2, -0.15) is 0 Å². The fourth-order valence-electron chi connectivity index (χ4n) is 1.80. The van der Waals surface area contributed by atoms with Crippen LogP contribution in [0.5, 0.6) is 5.75 Å². The van der Waals surface area contributed by atoms with Crippen molar-refractivity contribution in [2.45, 2.75) is 32.3 Å². The molecular weight excluding hydrogens is 286 g/mol. The lowest BCUT2D eigenvalue weighted by Gasteiger charge is -2.12. The number of carboxylic acid groups (broad SMARTS) is 1. The molecule has 0 heterocycles. The Balaban J connectivity index is 2.44. The van der Waals surface area contributed by atoms with Crippen molar-refractivity contribution in [3.63, 3.8) is 0 Å². The number of ether oxygens (including phenoxy) is 2. The smallest absolute Gasteiger partial charge is 0.334 e. The number of nitrogens with one attached hydrogen (secondary N) is 1. The number of rotatable bonds is 10. The topological polar surface area (TPSA) is 84.9 Å². The number of carbonyl (C=O) groups is 2. The molecule has 22 heavy (non-hydrogen) atoms. The Bertz CT molecular complexity index is 472. The number of carbonyl (C=O) groups excluding carboxylic acids is 1. The highest BCUT2D eigenvalue weighted by molar-refractivity contribution is 5.94. The van der Waals surface area contributed by atoms with Gasteiger partial charge in [0, 0.05) is 12.7 Å². The van der Waals surface area contributed by atoms with Crippen LogP contribution in [0.3, 0.4) is 0 Å². The van der Waals surface area contributed by atoms with Gasteiger partial charge in [-0.1, -0.05) is 19.8 Å². The van der Waals surface area contributed by atoms with Gasteiger partial charge >= 0.3 is 5.97 Å². The van der Waals surface area contributed by atoms with Gasteiger partial charge in [0.05, 0.1) is 13.2 Å². The molecule has 1 rings (SSSR count). The molecule has 0 aromatic heterocycles. The average molecular weight is 309 g/mol. The molecule has 0 aliphatic rings. The van der Waals surface area contributed by atoms with Crippen LogP contribution >= 0.6 is 0 Å². The predicted molar refractivity (Wildman–Crippen MR) is 82.2 cm³/mol. The van der Waals surface area contributed by atoms with Gasteiger partial charge in [0.25, 0.3) is 5.91 Å². The number of hydrogen-bond acceptors (Lipinski definition) is 4. The molecule has 0 saturated heterocycles. The van der Waals surface area contributed by atoms with Crippen LogP contribution in [-0.4, -0.2) is 43.3 Å². The molecule has 6 heteroatoms. The first-order valence-corrected chi connectivity index (χ1v) is 7.35. The summed E-state index contributed by atoms with van der Waals surface area (Å²) in [5, 5.41) is 11.3. The lowest BCUT2D eigenvalue weighted by Crippen LogP contribution is -2.37. The molecule has 0 saturated carbocycles. The van der Waals surface area contributed by atoms with E-state index >= 15 is 0 Å². The minimum atomic E-state index is -1.11. The summed E-state index contributed by atoms with van der Waals surface area (Å²) in [7, 11) is 1.29. The van der Waals surface area contributed by atoms with Gasteiger partial charge < -0.3 is 19.9 Å². The van der Waals surface area contributed by atoms with Crippen LogP contribution < -0.4 is 10.1 Å². The minimum Gasteiger partial charge on any atom is -0.494 e. The number of benzene rings is 1. The molecule has 0 radical (unpaired) electrons. The van der Waals surface area contributed by atoms with E-state index in [0.29, 0.717) is 17.9 Å². The van der Waals surface area contributed by atoms with E-state index in [-0.39, 0.29) is 12.5 Å². The lowest BCUT2D eigenvalue weighted by molar-refractivity contribution is -0.148. The number of carboxylic acids is 1. The normalized spacial score (nSPS) is 11.7. The summed E-state index contributed by atoms with van der Waals surface area (Å²) >= 11 is 0. The van der Waals surface area contributed by atoms with E-state index in [0.717, 1.165) is 19.3 Å². The largest absolute Gasteiger partial charge is 0.494 e. The van der Waals surface area contributed by atoms with Gasteiger partial charge in [-0.3, -0.25) is 4.79 Å². The molecule has 1 aromatic rings. The highest BCUT2D eigenvalue weighted by Crippen LogP contribution is 2.13. The zero-order chi connectivity index (χ0) is 16.4. The Morgan fingerprint density at radius 1 is 1.23 bits per heavy atom. The quantitative estimate of drug-likeness (QED) is 0.646. The van der Waals surface area contributed by atoms with Gasteiger partial charge in [0.2, 0.25) is 0 Å². The van der Waals surface area contributed by atoms with Crippen LogP contribution in [0.4, 0.5) is 0 Å². The summed E-state index contributed by atoms with van der Waals surface area (Å²) in [6, 6.07) is 6.75. The van der Waals surface area contributed by atoms with Crippen molar-refractivity contribution >= 4 is 11.9 Å². The van der Waals surface area contributed by atoms with E-state index in [2.05, 4.69) is 12.2 Å². The van der Waals surface area contributed by atoms with Crippen LogP contribution in [0.2, 0.25) is 0 Å². The second kappa shape index (κ2) is 9.78. The van der Waals surface area contributed by atoms with Crippen LogP contribution in [0, 0.1) is 0 Å². The van der Waals surface area contributed by atoms with Crippen molar-refractivity contribution in [1.29, 1.82) is 0 Å². The first-order chi connectivity index (χ1) is 10.6. The molecule has 1 unspecified atom stereocenters. The van der Waals surface area contributed by atoms with Gasteiger partial charge in [-0.15, -0.1) is 0 Å². The lowest BCUT2D eigenvalue weighted by atomic mass is 10.2. The van der Waals surface area contributed by atoms with E-state index in [1.54, 1.807) is 24.3 Å². The molecule has 122 valence electrons. The van der Waals surface area contributed by atoms with Crippen molar-refractivity contribution in [2.24, 2.45) is 0 Å². The highest BCUT2D eigenvalue weighted by Gasteiger charge is 2.17. The van der Waals surface area contributed by atoms with E-state index in [1.807, 2.05) is 0 Å². The Kier molecular flexibility index (Phi) is 7.99. The first kappa shape index (κ1) is 18.0. The highest BCUT2D eigenvalue weighted by atomic mass is 16.5. The zero-order valence-electron chi connectivity index (χ0n) is 13.0. The van der Waals surface area contributed by atoms with Crippen molar-refractivity contribution in [1.82, 2.24) is 5.32 Å². The Morgan fingerprint density at radius 3 is 2.45 bits per heavy atom. The van der Waals surface area contributed by atoms with Crippen molar-refractivity contribution in [2.75, 3.05) is 20.3 Å². The van der Waals surface area contributed by atoms with E-state index in [4.69, 9.17) is 14.6 Å². The summed E-state index contributed by atoms with van der Waals surface area (Å²) in [4.78, 5) is 22.7. The molecule has 0 fully saturated rings. The van der Waals surface area contributed by atoms with Crippen LogP contribution in [-0.2, 0) is 9.53 Å². The third kappa shape index (κ3) is 6.13. The summed E-state index contributed by atoms with van der Waals surface area (Å²) < 4.78 is 10.3. The average Bonchev–Trinajstić information content (AvgIpc) is 2.52. The molecule has 2 N–H and O–H groups in total. The van der Waals surface area contributed by atoms with Crippen LogP contribution in [0.25, 0.3) is 0 Å².